The molecule has 0 aliphatic carbocycles. The molecule has 2 amide bonds. The summed E-state index contributed by atoms with van der Waals surface area (Å²) in [5.74, 6) is 0.481. The van der Waals surface area contributed by atoms with Gasteiger partial charge in [0.05, 0.1) is 36.0 Å². The largest absolute Gasteiger partial charge is 0.494 e. The van der Waals surface area contributed by atoms with Crippen molar-refractivity contribution in [2.24, 2.45) is 0 Å². The molecule has 0 bridgehead atoms. The van der Waals surface area contributed by atoms with E-state index in [0.717, 1.165) is 68.9 Å². The number of nitrogens with one attached hydrogen (secondary N) is 3. The number of carbonyl (C=O) groups is 2. The maximum Gasteiger partial charge on any atom is 0.362 e. The Balaban J connectivity index is 0.831. The lowest BCUT2D eigenvalue weighted by Crippen LogP contribution is -2.53. The quantitative estimate of drug-likeness (QED) is 0.110. The topological polar surface area (TPSA) is 154 Å². The Kier molecular flexibility index (Phi) is 12.7. The summed E-state index contributed by atoms with van der Waals surface area (Å²) in [6, 6.07) is 16.8. The monoisotopic (exact) mass is 861 g/mol. The van der Waals surface area contributed by atoms with Gasteiger partial charge in [-0.15, -0.1) is 0 Å². The second-order valence-corrected chi connectivity index (χ2v) is 18.1. The minimum Gasteiger partial charge on any atom is -0.494 e. The Bertz CT molecular complexity index is 2280. The highest BCUT2D eigenvalue weighted by molar-refractivity contribution is 7.62. The molecule has 0 spiro atoms. The van der Waals surface area contributed by atoms with Crippen LogP contribution in [-0.4, -0.2) is 109 Å². The highest BCUT2D eigenvalue weighted by Crippen LogP contribution is 2.47. The summed E-state index contributed by atoms with van der Waals surface area (Å²) in [5, 5.41) is 9.43. The summed E-state index contributed by atoms with van der Waals surface area (Å²) in [4.78, 5) is 42.4. The molecule has 60 heavy (non-hydrogen) atoms. The second kappa shape index (κ2) is 18.1. The molecule has 18 heteroatoms. The number of amides is 2. The van der Waals surface area contributed by atoms with E-state index in [-0.39, 0.29) is 28.6 Å². The number of piperazine rings is 1. The van der Waals surface area contributed by atoms with Crippen LogP contribution < -0.4 is 30.9 Å². The number of methoxy groups -OCH3 is 1. The van der Waals surface area contributed by atoms with E-state index >= 15 is 4.39 Å². The molecule has 8 rings (SSSR count). The van der Waals surface area contributed by atoms with E-state index in [4.69, 9.17) is 25.4 Å². The summed E-state index contributed by atoms with van der Waals surface area (Å²) in [5.41, 5.74) is 4.77. The fraction of sp³-hybridized carbons (Fsp3) is 0.429. The van der Waals surface area contributed by atoms with Gasteiger partial charge in [-0.25, -0.2) is 9.37 Å². The molecule has 3 saturated heterocycles. The van der Waals surface area contributed by atoms with Crippen molar-refractivity contribution in [1.29, 1.82) is 0 Å². The highest BCUT2D eigenvalue weighted by atomic mass is 35.5. The minimum atomic E-state index is -3.57. The van der Waals surface area contributed by atoms with Crippen molar-refractivity contribution in [1.82, 2.24) is 30.0 Å². The third kappa shape index (κ3) is 9.01. The van der Waals surface area contributed by atoms with E-state index in [0.29, 0.717) is 72.3 Å². The number of likely N-dealkylation sites (tertiary alicyclic amines) is 1. The minimum absolute atomic E-state index is 0.213. The first-order chi connectivity index (χ1) is 29.0. The van der Waals surface area contributed by atoms with E-state index in [9.17, 15) is 14.2 Å². The highest BCUT2D eigenvalue weighted by Gasteiger charge is 2.36. The van der Waals surface area contributed by atoms with Gasteiger partial charge in [-0.05, 0) is 73.8 Å². The molecule has 0 saturated carbocycles. The first-order valence-corrected chi connectivity index (χ1v) is 22.1. The van der Waals surface area contributed by atoms with Gasteiger partial charge < -0.3 is 29.3 Å². The van der Waals surface area contributed by atoms with Gasteiger partial charge in [0.15, 0.2) is 5.82 Å². The maximum atomic E-state index is 15.3. The van der Waals surface area contributed by atoms with Crippen molar-refractivity contribution in [2.75, 3.05) is 76.1 Å². The first kappa shape index (κ1) is 42.0. The number of hydrogen-bond acceptors (Lipinski definition) is 14. The lowest BCUT2D eigenvalue weighted by atomic mass is 10.0. The number of fused-ring (bicyclic) bond motifs is 1. The molecular weight excluding hydrogens is 812 g/mol. The van der Waals surface area contributed by atoms with Crippen LogP contribution in [0.1, 0.15) is 42.4 Å². The summed E-state index contributed by atoms with van der Waals surface area (Å²) < 4.78 is 44.7. The Morgan fingerprint density at radius 3 is 2.40 bits per heavy atom. The molecule has 3 N–H and O–H groups in total. The van der Waals surface area contributed by atoms with Gasteiger partial charge in [0.2, 0.25) is 17.8 Å². The van der Waals surface area contributed by atoms with Gasteiger partial charge in [-0.2, -0.15) is 4.98 Å². The van der Waals surface area contributed by atoms with E-state index < -0.39 is 13.6 Å². The van der Waals surface area contributed by atoms with Crippen LogP contribution in [0.4, 0.5) is 33.2 Å². The fourth-order valence-corrected chi connectivity index (χ4v) is 10.1. The normalized spacial score (nSPS) is 19.6. The van der Waals surface area contributed by atoms with Crippen LogP contribution in [-0.2, 0) is 42.8 Å². The van der Waals surface area contributed by atoms with Gasteiger partial charge in [-0.1, -0.05) is 29.8 Å². The average molecular weight is 862 g/mol. The maximum absolute atomic E-state index is 15.3. The van der Waals surface area contributed by atoms with Crippen LogP contribution in [0.3, 0.4) is 0 Å². The van der Waals surface area contributed by atoms with Crippen LogP contribution in [0.2, 0.25) is 5.02 Å². The predicted octanol–water partition coefficient (Wildman–Crippen LogP) is 5.78. The molecule has 3 fully saturated rings. The molecule has 318 valence electrons. The molecule has 4 aliphatic rings. The van der Waals surface area contributed by atoms with Crippen molar-refractivity contribution in [3.63, 3.8) is 0 Å². The van der Waals surface area contributed by atoms with Crippen molar-refractivity contribution in [3.05, 3.63) is 88.3 Å². The van der Waals surface area contributed by atoms with Crippen molar-refractivity contribution >= 4 is 65.1 Å². The molecule has 1 atom stereocenters. The van der Waals surface area contributed by atoms with Crippen LogP contribution >= 0.6 is 19.2 Å². The first-order valence-electron chi connectivity index (χ1n) is 20.2. The number of ether oxygens (including phenoxy) is 1. The number of imide groups is 1. The number of nitrogens with zero attached hydrogens (tertiary/aromatic N) is 6. The zero-order valence-corrected chi connectivity index (χ0v) is 35.6. The summed E-state index contributed by atoms with van der Waals surface area (Å²) in [7, 11) is 0.726. The molecule has 4 aromatic rings. The van der Waals surface area contributed by atoms with E-state index in [2.05, 4.69) is 52.8 Å². The zero-order valence-electron chi connectivity index (χ0n) is 34.0. The molecule has 3 aromatic carbocycles. The van der Waals surface area contributed by atoms with Crippen LogP contribution in [0.15, 0.2) is 60.8 Å². The molecule has 15 nitrogen and oxygen atoms in total. The Labute approximate surface area is 354 Å². The predicted molar refractivity (Wildman–Crippen MR) is 228 cm³/mol. The fourth-order valence-electron chi connectivity index (χ4n) is 8.77. The summed E-state index contributed by atoms with van der Waals surface area (Å²) in [6.07, 6.45) is 4.38. The molecule has 4 aliphatic heterocycles. The standard InChI is InChI=1S/C42H50ClFN9O6P/c1-57-37-22-30(8-9-34(37)47-42-45-23-32(43)40(49-42)46-35-6-4-5-7-38(35)60(56,58-2)59-3)52-18-16-51(17-19-52)29-12-14-50(15-13-29)24-27-20-28-25-53(26-31(28)33(44)21-27)36-10-11-39(54)48-41(36)55/h4-9,20-23,29,36H,10-19,24-26H2,1-3H3,(H,48,54,55)(H2,45,46,47,49). The number of carbonyl (C=O) groups excluding carboxylic acids is 2. The lowest BCUT2D eigenvalue weighted by Gasteiger charge is -2.43. The van der Waals surface area contributed by atoms with E-state index in [1.165, 1.54) is 20.4 Å². The lowest BCUT2D eigenvalue weighted by molar-refractivity contribution is -0.137. The summed E-state index contributed by atoms with van der Waals surface area (Å²) >= 11 is 6.48. The van der Waals surface area contributed by atoms with Crippen molar-refractivity contribution < 1.29 is 32.3 Å². The van der Waals surface area contributed by atoms with Crippen LogP contribution in [0, 0.1) is 5.82 Å². The van der Waals surface area contributed by atoms with Crippen molar-refractivity contribution in [2.45, 2.75) is 57.4 Å². The zero-order chi connectivity index (χ0) is 42.0. The molecular formula is C42H50ClFN9O6P. The molecule has 1 aromatic heterocycles. The SMILES string of the molecule is COc1cc(N2CCN(C3CCN(Cc4cc(F)c5c(c4)CN(C4CCC(=O)NC4=O)C5)CC3)CC2)ccc1Nc1ncc(Cl)c(Nc2ccccc2P(=O)(OC)OC)n1. The number of piperidine rings is 2. The smallest absolute Gasteiger partial charge is 0.362 e. The molecule has 0 radical (unpaired) electrons. The summed E-state index contributed by atoms with van der Waals surface area (Å²) in [6.45, 7) is 7.17. The molecule has 1 unspecified atom stereocenters. The number of anilines is 5. The average Bonchev–Trinajstić information content (AvgIpc) is 3.70. The van der Waals surface area contributed by atoms with Crippen molar-refractivity contribution in [3.8, 4) is 5.75 Å². The number of rotatable bonds is 13. The molecule has 5 heterocycles. The van der Waals surface area contributed by atoms with Gasteiger partial charge in [0.25, 0.3) is 0 Å². The number of halogens is 2. The van der Waals surface area contributed by atoms with E-state index in [1.807, 2.05) is 17.0 Å². The number of benzene rings is 3. The Morgan fingerprint density at radius 1 is 0.900 bits per heavy atom. The van der Waals surface area contributed by atoms with Gasteiger partial charge >= 0.3 is 7.60 Å². The number of hydrogen-bond donors (Lipinski definition) is 3. The third-order valence-electron chi connectivity index (χ3n) is 12.0. The van der Waals surface area contributed by atoms with Gasteiger partial charge in [-0.3, -0.25) is 34.2 Å². The van der Waals surface area contributed by atoms with Gasteiger partial charge in [0, 0.05) is 89.8 Å². The number of aromatic nitrogens is 2. The van der Waals surface area contributed by atoms with Crippen LogP contribution in [0.25, 0.3) is 0 Å². The Hall–Kier alpha value is -4.67. The third-order valence-corrected chi connectivity index (χ3v) is 14.2. The van der Waals surface area contributed by atoms with Crippen LogP contribution in [0.5, 0.6) is 5.75 Å². The Morgan fingerprint density at radius 2 is 1.67 bits per heavy atom. The van der Waals surface area contributed by atoms with E-state index in [1.54, 1.807) is 37.4 Å². The number of para-hydroxylation sites is 1. The second-order valence-electron chi connectivity index (χ2n) is 15.5. The van der Waals surface area contributed by atoms with Gasteiger partial charge in [0.1, 0.15) is 16.6 Å².